The number of nitrogens with one attached hydrogen (secondary N) is 1. The second-order valence-corrected chi connectivity index (χ2v) is 6.74. The monoisotopic (exact) mass is 416 g/mol. The summed E-state index contributed by atoms with van der Waals surface area (Å²) in [6, 6.07) is 4.25. The molecule has 3 rings (SSSR count). The summed E-state index contributed by atoms with van der Waals surface area (Å²) in [5, 5.41) is 3.53. The van der Waals surface area contributed by atoms with E-state index in [9.17, 15) is 0 Å². The van der Waals surface area contributed by atoms with Gasteiger partial charge in [0, 0.05) is 39.1 Å². The first kappa shape index (κ1) is 17.6. The third-order valence-electron chi connectivity index (χ3n) is 5.34. The number of hydrogen-bond acceptors (Lipinski definition) is 1. The number of aliphatic imine (C=N–C) groups is 1. The summed E-state index contributed by atoms with van der Waals surface area (Å²) in [6.45, 7) is 3.20. The molecule has 0 bridgehead atoms. The molecule has 0 unspecified atom stereocenters. The molecule has 1 spiro atoms. The molecule has 22 heavy (non-hydrogen) atoms. The molecule has 0 amide bonds. The van der Waals surface area contributed by atoms with Crippen LogP contribution in [0.25, 0.3) is 0 Å². The molecule has 2 fully saturated rings. The second kappa shape index (κ2) is 7.70. The lowest BCUT2D eigenvalue weighted by atomic mass is 9.73. The molecule has 1 aliphatic heterocycles. The Hall–Kier alpha value is -0.720. The van der Waals surface area contributed by atoms with Gasteiger partial charge in [-0.3, -0.25) is 4.99 Å². The van der Waals surface area contributed by atoms with Gasteiger partial charge in [0.2, 0.25) is 0 Å². The predicted octanol–water partition coefficient (Wildman–Crippen LogP) is 3.37. The third kappa shape index (κ3) is 3.78. The molecular weight excluding hydrogens is 387 g/mol. The van der Waals surface area contributed by atoms with Crippen LogP contribution in [0.3, 0.4) is 0 Å². The summed E-state index contributed by atoms with van der Waals surface area (Å²) in [6.07, 6.45) is 10.5. The average Bonchev–Trinajstić information content (AvgIpc) is 3.08. The summed E-state index contributed by atoms with van der Waals surface area (Å²) < 4.78 is 2.16. The highest BCUT2D eigenvalue weighted by atomic mass is 127. The third-order valence-corrected chi connectivity index (χ3v) is 5.34. The quantitative estimate of drug-likeness (QED) is 0.456. The molecule has 1 aliphatic carbocycles. The SMILES string of the molecule is CN=C(NCc1cccn1C)N1CCC2(CCCCC2)C1.I. The van der Waals surface area contributed by atoms with Crippen LogP contribution in [0.5, 0.6) is 0 Å². The van der Waals surface area contributed by atoms with Crippen molar-refractivity contribution in [2.45, 2.75) is 45.1 Å². The maximum absolute atomic E-state index is 4.50. The van der Waals surface area contributed by atoms with E-state index in [1.807, 2.05) is 7.05 Å². The van der Waals surface area contributed by atoms with Crippen LogP contribution >= 0.6 is 24.0 Å². The van der Waals surface area contributed by atoms with Crippen molar-refractivity contribution in [1.82, 2.24) is 14.8 Å². The molecule has 0 aromatic carbocycles. The molecule has 1 saturated carbocycles. The Balaban J connectivity index is 0.00000176. The molecule has 1 aromatic rings. The first-order chi connectivity index (χ1) is 10.2. The second-order valence-electron chi connectivity index (χ2n) is 6.74. The van der Waals surface area contributed by atoms with Gasteiger partial charge in [-0.2, -0.15) is 0 Å². The fraction of sp³-hybridized carbons (Fsp3) is 0.706. The van der Waals surface area contributed by atoms with Gasteiger partial charge in [0.15, 0.2) is 5.96 Å². The van der Waals surface area contributed by atoms with E-state index in [1.165, 1.54) is 50.8 Å². The van der Waals surface area contributed by atoms with E-state index < -0.39 is 0 Å². The Bertz CT molecular complexity index is 503. The van der Waals surface area contributed by atoms with Crippen LogP contribution in [0.4, 0.5) is 0 Å². The smallest absolute Gasteiger partial charge is 0.193 e. The average molecular weight is 416 g/mol. The number of aryl methyl sites for hydroxylation is 1. The highest BCUT2D eigenvalue weighted by Crippen LogP contribution is 2.43. The Labute approximate surface area is 151 Å². The highest BCUT2D eigenvalue weighted by Gasteiger charge is 2.39. The molecule has 1 aromatic heterocycles. The number of aromatic nitrogens is 1. The van der Waals surface area contributed by atoms with Gasteiger partial charge in [-0.05, 0) is 36.8 Å². The summed E-state index contributed by atoms with van der Waals surface area (Å²) in [5.41, 5.74) is 1.88. The first-order valence-corrected chi connectivity index (χ1v) is 8.28. The van der Waals surface area contributed by atoms with Gasteiger partial charge in [-0.1, -0.05) is 19.3 Å². The van der Waals surface area contributed by atoms with Crippen molar-refractivity contribution in [3.8, 4) is 0 Å². The van der Waals surface area contributed by atoms with Gasteiger partial charge in [0.05, 0.1) is 6.54 Å². The van der Waals surface area contributed by atoms with Crippen molar-refractivity contribution in [3.63, 3.8) is 0 Å². The zero-order valence-electron chi connectivity index (χ0n) is 13.8. The van der Waals surface area contributed by atoms with E-state index in [0.717, 1.165) is 19.0 Å². The van der Waals surface area contributed by atoms with Gasteiger partial charge in [-0.25, -0.2) is 0 Å². The predicted molar refractivity (Wildman–Crippen MR) is 103 cm³/mol. The van der Waals surface area contributed by atoms with Gasteiger partial charge in [0.1, 0.15) is 0 Å². The summed E-state index contributed by atoms with van der Waals surface area (Å²) in [5.74, 6) is 1.07. The van der Waals surface area contributed by atoms with E-state index >= 15 is 0 Å². The molecule has 0 radical (unpaired) electrons. The lowest BCUT2D eigenvalue weighted by Gasteiger charge is -2.33. The fourth-order valence-corrected chi connectivity index (χ4v) is 4.01. The lowest BCUT2D eigenvalue weighted by Crippen LogP contribution is -2.41. The van der Waals surface area contributed by atoms with Crippen LogP contribution in [0.1, 0.15) is 44.2 Å². The van der Waals surface area contributed by atoms with Gasteiger partial charge in [0.25, 0.3) is 0 Å². The van der Waals surface area contributed by atoms with E-state index in [0.29, 0.717) is 5.41 Å². The Kier molecular flexibility index (Phi) is 6.17. The summed E-state index contributed by atoms with van der Waals surface area (Å²) >= 11 is 0. The Morgan fingerprint density at radius 1 is 1.27 bits per heavy atom. The van der Waals surface area contributed by atoms with Crippen molar-refractivity contribution >= 4 is 29.9 Å². The molecule has 2 aliphatic rings. The fourth-order valence-electron chi connectivity index (χ4n) is 4.01. The van der Waals surface area contributed by atoms with Crippen LogP contribution in [0, 0.1) is 5.41 Å². The van der Waals surface area contributed by atoms with Crippen LogP contribution in [-0.2, 0) is 13.6 Å². The number of hydrogen-bond donors (Lipinski definition) is 1. The van der Waals surface area contributed by atoms with Crippen molar-refractivity contribution in [2.75, 3.05) is 20.1 Å². The van der Waals surface area contributed by atoms with Gasteiger partial charge in [-0.15, -0.1) is 24.0 Å². The number of halogens is 1. The Morgan fingerprint density at radius 3 is 2.68 bits per heavy atom. The molecule has 4 nitrogen and oxygen atoms in total. The molecule has 1 saturated heterocycles. The maximum atomic E-state index is 4.50. The maximum Gasteiger partial charge on any atom is 0.193 e. The van der Waals surface area contributed by atoms with E-state index in [-0.39, 0.29) is 24.0 Å². The minimum Gasteiger partial charge on any atom is -0.353 e. The number of likely N-dealkylation sites (tertiary alicyclic amines) is 1. The zero-order valence-corrected chi connectivity index (χ0v) is 16.2. The van der Waals surface area contributed by atoms with Gasteiger partial charge < -0.3 is 14.8 Å². The van der Waals surface area contributed by atoms with Crippen LogP contribution in [0.15, 0.2) is 23.3 Å². The van der Waals surface area contributed by atoms with Crippen molar-refractivity contribution in [1.29, 1.82) is 0 Å². The van der Waals surface area contributed by atoms with Crippen molar-refractivity contribution < 1.29 is 0 Å². The van der Waals surface area contributed by atoms with Crippen LogP contribution < -0.4 is 5.32 Å². The minimum atomic E-state index is 0. The minimum absolute atomic E-state index is 0. The van der Waals surface area contributed by atoms with E-state index in [4.69, 9.17) is 0 Å². The molecule has 1 N–H and O–H groups in total. The molecular formula is C17H29IN4. The first-order valence-electron chi connectivity index (χ1n) is 8.28. The van der Waals surface area contributed by atoms with Crippen molar-refractivity contribution in [3.05, 3.63) is 24.0 Å². The van der Waals surface area contributed by atoms with E-state index in [1.54, 1.807) is 0 Å². The van der Waals surface area contributed by atoms with Crippen LogP contribution in [0.2, 0.25) is 0 Å². The van der Waals surface area contributed by atoms with Crippen molar-refractivity contribution in [2.24, 2.45) is 17.5 Å². The number of nitrogens with zero attached hydrogens (tertiary/aromatic N) is 3. The highest BCUT2D eigenvalue weighted by molar-refractivity contribution is 14.0. The normalized spacial score (nSPS) is 21.0. The van der Waals surface area contributed by atoms with Crippen LogP contribution in [-0.4, -0.2) is 35.6 Å². The Morgan fingerprint density at radius 2 is 2.05 bits per heavy atom. The standard InChI is InChI=1S/C17H28N4.HI/c1-18-16(19-13-15-7-6-11-20(15)2)21-12-10-17(14-21)8-4-3-5-9-17;/h6-7,11H,3-5,8-10,12-14H2,1-2H3,(H,18,19);1H. The lowest BCUT2D eigenvalue weighted by molar-refractivity contribution is 0.203. The molecule has 5 heteroatoms. The van der Waals surface area contributed by atoms with Gasteiger partial charge >= 0.3 is 0 Å². The molecule has 2 heterocycles. The number of guanidine groups is 1. The summed E-state index contributed by atoms with van der Waals surface area (Å²) in [7, 11) is 3.99. The molecule has 0 atom stereocenters. The topological polar surface area (TPSA) is 32.6 Å². The summed E-state index contributed by atoms with van der Waals surface area (Å²) in [4.78, 5) is 6.97. The largest absolute Gasteiger partial charge is 0.353 e. The number of rotatable bonds is 2. The molecule has 124 valence electrons. The zero-order chi connectivity index (χ0) is 14.7. The van der Waals surface area contributed by atoms with E-state index in [2.05, 4.69) is 45.2 Å².